The van der Waals surface area contributed by atoms with Crippen LogP contribution in [0.4, 0.5) is 5.69 Å². The van der Waals surface area contributed by atoms with Gasteiger partial charge >= 0.3 is 0 Å². The minimum Gasteiger partial charge on any atom is -0.436 e. The molecule has 0 amide bonds. The molecule has 29 heavy (non-hydrogen) atoms. The van der Waals surface area contributed by atoms with E-state index in [9.17, 15) is 8.42 Å². The van der Waals surface area contributed by atoms with E-state index >= 15 is 0 Å². The normalized spacial score (nSPS) is 11.4. The van der Waals surface area contributed by atoms with Gasteiger partial charge in [0.05, 0.1) is 16.8 Å². The van der Waals surface area contributed by atoms with Crippen LogP contribution in [-0.4, -0.2) is 13.4 Å². The van der Waals surface area contributed by atoms with Crippen LogP contribution in [0.3, 0.4) is 0 Å². The largest absolute Gasteiger partial charge is 0.436 e. The van der Waals surface area contributed by atoms with Gasteiger partial charge in [0.1, 0.15) is 0 Å². The van der Waals surface area contributed by atoms with Gasteiger partial charge in [0.15, 0.2) is 5.76 Å². The van der Waals surface area contributed by atoms with E-state index in [4.69, 9.17) is 16.0 Å². The Hall–Kier alpha value is -3.09. The number of sulfonamides is 1. The maximum atomic E-state index is 12.7. The van der Waals surface area contributed by atoms with Gasteiger partial charge in [-0.05, 0) is 48.9 Å². The highest BCUT2D eigenvalue weighted by Crippen LogP contribution is 2.28. The topological polar surface area (TPSA) is 72.2 Å². The van der Waals surface area contributed by atoms with Crippen LogP contribution in [0.1, 0.15) is 5.56 Å². The van der Waals surface area contributed by atoms with Crippen molar-refractivity contribution in [2.75, 3.05) is 4.72 Å². The van der Waals surface area contributed by atoms with E-state index in [0.29, 0.717) is 27.9 Å². The maximum absolute atomic E-state index is 12.7. The number of hydrogen-bond donors (Lipinski definition) is 1. The lowest BCUT2D eigenvalue weighted by atomic mass is 10.2. The van der Waals surface area contributed by atoms with Crippen LogP contribution < -0.4 is 4.72 Å². The van der Waals surface area contributed by atoms with E-state index in [1.165, 1.54) is 12.1 Å². The zero-order chi connectivity index (χ0) is 20.4. The maximum Gasteiger partial charge on any atom is 0.261 e. The molecule has 0 unspecified atom stereocenters. The highest BCUT2D eigenvalue weighted by molar-refractivity contribution is 7.92. The van der Waals surface area contributed by atoms with Crippen molar-refractivity contribution in [3.05, 3.63) is 89.6 Å². The second kappa shape index (κ2) is 7.73. The SMILES string of the molecule is Cc1ccc(Cl)cc1NS(=O)(=O)c1ccc(-c2ncc(-c3ccccc3)o2)cc1. The van der Waals surface area contributed by atoms with Crippen molar-refractivity contribution in [2.24, 2.45) is 0 Å². The van der Waals surface area contributed by atoms with Crippen LogP contribution in [0, 0.1) is 6.92 Å². The highest BCUT2D eigenvalue weighted by atomic mass is 35.5. The molecule has 5 nitrogen and oxygen atoms in total. The molecule has 0 aliphatic heterocycles. The van der Waals surface area contributed by atoms with Crippen molar-refractivity contribution in [1.82, 2.24) is 4.98 Å². The number of nitrogens with one attached hydrogen (secondary N) is 1. The molecule has 0 saturated carbocycles. The van der Waals surface area contributed by atoms with E-state index in [1.54, 1.807) is 36.5 Å². The molecule has 0 saturated heterocycles. The Labute approximate surface area is 174 Å². The fourth-order valence-corrected chi connectivity index (χ4v) is 4.12. The summed E-state index contributed by atoms with van der Waals surface area (Å²) in [7, 11) is -3.75. The first kappa shape index (κ1) is 19.2. The molecule has 0 fully saturated rings. The van der Waals surface area contributed by atoms with Crippen molar-refractivity contribution in [1.29, 1.82) is 0 Å². The third-order valence-corrected chi connectivity index (χ3v) is 6.04. The summed E-state index contributed by atoms with van der Waals surface area (Å²) in [6.45, 7) is 1.81. The molecule has 0 atom stereocenters. The lowest BCUT2D eigenvalue weighted by Gasteiger charge is -2.11. The van der Waals surface area contributed by atoms with Crippen LogP contribution in [0.15, 0.2) is 88.3 Å². The van der Waals surface area contributed by atoms with Crippen molar-refractivity contribution in [3.63, 3.8) is 0 Å². The summed E-state index contributed by atoms with van der Waals surface area (Å²) in [5, 5.41) is 0.460. The Morgan fingerprint density at radius 1 is 0.931 bits per heavy atom. The number of benzene rings is 3. The Balaban J connectivity index is 1.58. The molecule has 4 aromatic rings. The number of hydrogen-bond acceptors (Lipinski definition) is 4. The molecule has 1 aromatic heterocycles. The average Bonchev–Trinajstić information content (AvgIpc) is 3.22. The number of aryl methyl sites for hydroxylation is 1. The molecule has 3 aromatic carbocycles. The second-order valence-corrected chi connectivity index (χ2v) is 8.60. The second-order valence-electron chi connectivity index (χ2n) is 6.48. The smallest absolute Gasteiger partial charge is 0.261 e. The van der Waals surface area contributed by atoms with Gasteiger partial charge in [-0.25, -0.2) is 13.4 Å². The Morgan fingerprint density at radius 2 is 1.66 bits per heavy atom. The van der Waals surface area contributed by atoms with Crippen LogP contribution in [0.5, 0.6) is 0 Å². The summed E-state index contributed by atoms with van der Waals surface area (Å²) in [5.74, 6) is 1.07. The molecule has 4 rings (SSSR count). The third-order valence-electron chi connectivity index (χ3n) is 4.42. The Kier molecular flexibility index (Phi) is 5.13. The molecule has 1 N–H and O–H groups in total. The van der Waals surface area contributed by atoms with Crippen LogP contribution in [0.25, 0.3) is 22.8 Å². The van der Waals surface area contributed by atoms with Gasteiger partial charge in [-0.15, -0.1) is 0 Å². The van der Waals surface area contributed by atoms with Crippen LogP contribution >= 0.6 is 11.6 Å². The number of anilines is 1. The monoisotopic (exact) mass is 424 g/mol. The van der Waals surface area contributed by atoms with Gasteiger partial charge in [0, 0.05) is 16.1 Å². The first-order chi connectivity index (χ1) is 13.9. The van der Waals surface area contributed by atoms with Crippen molar-refractivity contribution < 1.29 is 12.8 Å². The molecule has 146 valence electrons. The van der Waals surface area contributed by atoms with E-state index in [2.05, 4.69) is 9.71 Å². The average molecular weight is 425 g/mol. The van der Waals surface area contributed by atoms with Crippen molar-refractivity contribution in [3.8, 4) is 22.8 Å². The fraction of sp³-hybridized carbons (Fsp3) is 0.0455. The molecule has 0 aliphatic carbocycles. The van der Waals surface area contributed by atoms with Gasteiger partial charge < -0.3 is 4.42 Å². The van der Waals surface area contributed by atoms with Crippen molar-refractivity contribution >= 4 is 27.3 Å². The fourth-order valence-electron chi connectivity index (χ4n) is 2.83. The molecule has 0 spiro atoms. The summed E-state index contributed by atoms with van der Waals surface area (Å²) < 4.78 is 33.8. The number of aromatic nitrogens is 1. The van der Waals surface area contributed by atoms with Gasteiger partial charge in [0.2, 0.25) is 5.89 Å². The standard InChI is InChI=1S/C22H17ClN2O3S/c1-15-7-10-18(23)13-20(15)25-29(26,27)19-11-8-17(9-12-19)22-24-14-21(28-22)16-5-3-2-4-6-16/h2-14,25H,1H3. The molecule has 1 heterocycles. The molecule has 0 aliphatic rings. The van der Waals surface area contributed by atoms with Gasteiger partial charge in [-0.1, -0.05) is 48.0 Å². The number of rotatable bonds is 5. The minimum atomic E-state index is -3.75. The Morgan fingerprint density at radius 3 is 2.38 bits per heavy atom. The minimum absolute atomic E-state index is 0.135. The predicted molar refractivity (Wildman–Crippen MR) is 114 cm³/mol. The summed E-state index contributed by atoms with van der Waals surface area (Å²) in [6.07, 6.45) is 1.65. The van der Waals surface area contributed by atoms with Crippen LogP contribution in [-0.2, 0) is 10.0 Å². The molecule has 0 radical (unpaired) electrons. The summed E-state index contributed by atoms with van der Waals surface area (Å²) >= 11 is 5.97. The van der Waals surface area contributed by atoms with Gasteiger partial charge in [-0.2, -0.15) is 0 Å². The number of nitrogens with zero attached hydrogens (tertiary/aromatic N) is 1. The zero-order valence-corrected chi connectivity index (χ0v) is 17.0. The van der Waals surface area contributed by atoms with Crippen molar-refractivity contribution in [2.45, 2.75) is 11.8 Å². The van der Waals surface area contributed by atoms with E-state index < -0.39 is 10.0 Å². The summed E-state index contributed by atoms with van der Waals surface area (Å²) in [6, 6.07) is 21.1. The first-order valence-corrected chi connectivity index (χ1v) is 10.7. The quantitative estimate of drug-likeness (QED) is 0.441. The highest BCUT2D eigenvalue weighted by Gasteiger charge is 2.16. The third kappa shape index (κ3) is 4.18. The molecule has 0 bridgehead atoms. The van der Waals surface area contributed by atoms with E-state index in [-0.39, 0.29) is 4.90 Å². The molecular weight excluding hydrogens is 408 g/mol. The predicted octanol–water partition coefficient (Wildman–Crippen LogP) is 5.77. The Bertz CT molecular complexity index is 1250. The lowest BCUT2D eigenvalue weighted by molar-refractivity contribution is 0.588. The molecular formula is C22H17ClN2O3S. The summed E-state index contributed by atoms with van der Waals surface area (Å²) in [5.41, 5.74) is 2.83. The first-order valence-electron chi connectivity index (χ1n) is 8.83. The van der Waals surface area contributed by atoms with Gasteiger partial charge in [-0.3, -0.25) is 4.72 Å². The van der Waals surface area contributed by atoms with Gasteiger partial charge in [0.25, 0.3) is 10.0 Å². The van der Waals surface area contributed by atoms with Crippen LogP contribution in [0.2, 0.25) is 5.02 Å². The zero-order valence-electron chi connectivity index (χ0n) is 15.5. The number of oxazole rings is 1. The van der Waals surface area contributed by atoms with E-state index in [1.807, 2.05) is 37.3 Å². The molecule has 7 heteroatoms. The number of halogens is 1. The van der Waals surface area contributed by atoms with E-state index in [0.717, 1.165) is 11.1 Å². The summed E-state index contributed by atoms with van der Waals surface area (Å²) in [4.78, 5) is 4.43. The lowest BCUT2D eigenvalue weighted by Crippen LogP contribution is -2.13.